The fraction of sp³-hybridized carbons (Fsp3) is 0.455. The molecule has 1 aromatic rings. The maximum absolute atomic E-state index is 12.8. The Bertz CT molecular complexity index is 447. The van der Waals surface area contributed by atoms with Crippen molar-refractivity contribution in [3.63, 3.8) is 0 Å². The van der Waals surface area contributed by atoms with Crippen LogP contribution in [0.4, 0.5) is 10.1 Å². The highest BCUT2D eigenvalue weighted by molar-refractivity contribution is 7.92. The second-order valence-corrected chi connectivity index (χ2v) is 5.89. The smallest absolute Gasteiger partial charge is 0.235 e. The molecule has 0 radical (unpaired) electrons. The molecule has 3 nitrogen and oxygen atoms in total. The second-order valence-electron chi connectivity index (χ2n) is 3.50. The fourth-order valence-corrected chi connectivity index (χ4v) is 3.35. The van der Waals surface area contributed by atoms with Crippen molar-refractivity contribution in [1.29, 1.82) is 0 Å². The average Bonchev–Trinajstić information content (AvgIpc) is 2.30. The van der Waals surface area contributed by atoms with E-state index in [2.05, 4.69) is 0 Å². The van der Waals surface area contributed by atoms with E-state index >= 15 is 0 Å². The zero-order valence-electron chi connectivity index (χ0n) is 9.57. The van der Waals surface area contributed by atoms with Gasteiger partial charge < -0.3 is 0 Å². The predicted molar refractivity (Wildman–Crippen MR) is 68.5 cm³/mol. The van der Waals surface area contributed by atoms with Gasteiger partial charge in [0.25, 0.3) is 0 Å². The Morgan fingerprint density at radius 2 is 1.88 bits per heavy atom. The summed E-state index contributed by atoms with van der Waals surface area (Å²) in [4.78, 5) is 0. The molecule has 1 aromatic carbocycles. The van der Waals surface area contributed by atoms with Gasteiger partial charge in [-0.25, -0.2) is 12.8 Å². The molecule has 0 aromatic heterocycles. The minimum absolute atomic E-state index is 0.00170. The summed E-state index contributed by atoms with van der Waals surface area (Å²) in [6.45, 7) is 2.05. The van der Waals surface area contributed by atoms with Gasteiger partial charge in [0.15, 0.2) is 0 Å². The maximum Gasteiger partial charge on any atom is 0.235 e. The van der Waals surface area contributed by atoms with Crippen LogP contribution in [0.25, 0.3) is 0 Å². The van der Waals surface area contributed by atoms with E-state index < -0.39 is 10.0 Å². The number of rotatable bonds is 6. The SMILES string of the molecule is CCN(c1ccc(F)cc1)S(=O)(=O)CCCCl. The number of nitrogens with zero attached hydrogens (tertiary/aromatic N) is 1. The van der Waals surface area contributed by atoms with Crippen LogP contribution in [0.5, 0.6) is 0 Å². The van der Waals surface area contributed by atoms with Gasteiger partial charge in [0.2, 0.25) is 10.0 Å². The first-order valence-corrected chi connectivity index (χ1v) is 7.47. The molecule has 1 rings (SSSR count). The monoisotopic (exact) mass is 279 g/mol. The molecule has 0 amide bonds. The number of anilines is 1. The second kappa shape index (κ2) is 6.21. The lowest BCUT2D eigenvalue weighted by Crippen LogP contribution is -2.33. The fourth-order valence-electron chi connectivity index (χ4n) is 1.49. The van der Waals surface area contributed by atoms with Crippen LogP contribution in [0.15, 0.2) is 24.3 Å². The summed E-state index contributed by atoms with van der Waals surface area (Å²) in [5.41, 5.74) is 0.475. The predicted octanol–water partition coefficient (Wildman–Crippen LogP) is 2.61. The largest absolute Gasteiger partial charge is 0.271 e. The molecule has 6 heteroatoms. The summed E-state index contributed by atoms with van der Waals surface area (Å²) >= 11 is 5.49. The zero-order valence-corrected chi connectivity index (χ0v) is 11.1. The van der Waals surface area contributed by atoms with Crippen LogP contribution in [0, 0.1) is 5.82 Å². The molecular weight excluding hydrogens is 265 g/mol. The lowest BCUT2D eigenvalue weighted by atomic mass is 10.3. The molecule has 0 fully saturated rings. The van der Waals surface area contributed by atoms with Crippen LogP contribution in [0.2, 0.25) is 0 Å². The van der Waals surface area contributed by atoms with E-state index in [4.69, 9.17) is 11.6 Å². The van der Waals surface area contributed by atoms with Crippen molar-refractivity contribution in [3.05, 3.63) is 30.1 Å². The molecular formula is C11H15ClFNO2S. The number of hydrogen-bond donors (Lipinski definition) is 0. The third kappa shape index (κ3) is 3.85. The van der Waals surface area contributed by atoms with Crippen LogP contribution < -0.4 is 4.31 Å². The minimum atomic E-state index is -3.37. The van der Waals surface area contributed by atoms with Gasteiger partial charge >= 0.3 is 0 Å². The number of hydrogen-bond acceptors (Lipinski definition) is 2. The quantitative estimate of drug-likeness (QED) is 0.751. The number of alkyl halides is 1. The van der Waals surface area contributed by atoms with E-state index in [0.717, 1.165) is 0 Å². The van der Waals surface area contributed by atoms with E-state index in [-0.39, 0.29) is 11.6 Å². The van der Waals surface area contributed by atoms with Crippen LogP contribution >= 0.6 is 11.6 Å². The number of benzene rings is 1. The van der Waals surface area contributed by atoms with Gasteiger partial charge in [-0.05, 0) is 37.6 Å². The Hall–Kier alpha value is -0.810. The molecule has 96 valence electrons. The van der Waals surface area contributed by atoms with Crippen molar-refractivity contribution in [2.75, 3.05) is 22.5 Å². The Morgan fingerprint density at radius 1 is 1.29 bits per heavy atom. The van der Waals surface area contributed by atoms with Crippen molar-refractivity contribution < 1.29 is 12.8 Å². The highest BCUT2D eigenvalue weighted by Crippen LogP contribution is 2.19. The third-order valence-corrected chi connectivity index (χ3v) is 4.49. The molecule has 17 heavy (non-hydrogen) atoms. The summed E-state index contributed by atoms with van der Waals surface area (Å²) in [5, 5.41) is 0. The van der Waals surface area contributed by atoms with Crippen LogP contribution in [0.1, 0.15) is 13.3 Å². The van der Waals surface area contributed by atoms with Gasteiger partial charge in [-0.1, -0.05) is 0 Å². The lowest BCUT2D eigenvalue weighted by Gasteiger charge is -2.22. The van der Waals surface area contributed by atoms with Gasteiger partial charge in [-0.2, -0.15) is 0 Å². The highest BCUT2D eigenvalue weighted by Gasteiger charge is 2.20. The van der Waals surface area contributed by atoms with E-state index in [1.807, 2.05) is 0 Å². The molecule has 0 saturated carbocycles. The van der Waals surface area contributed by atoms with Crippen LogP contribution in [-0.4, -0.2) is 26.6 Å². The highest BCUT2D eigenvalue weighted by atomic mass is 35.5. The molecule has 0 saturated heterocycles. The standard InChI is InChI=1S/C11H15ClFNO2S/c1-2-14(17(15,16)9-3-8-12)11-6-4-10(13)5-7-11/h4-7H,2-3,8-9H2,1H3. The van der Waals surface area contributed by atoms with Crippen molar-refractivity contribution in [3.8, 4) is 0 Å². The van der Waals surface area contributed by atoms with Gasteiger partial charge in [0, 0.05) is 12.4 Å². The van der Waals surface area contributed by atoms with Crippen molar-refractivity contribution in [1.82, 2.24) is 0 Å². The number of halogens is 2. The first kappa shape index (κ1) is 14.3. The molecule has 0 spiro atoms. The molecule has 0 unspecified atom stereocenters. The molecule has 0 aliphatic rings. The summed E-state index contributed by atoms with van der Waals surface area (Å²) in [7, 11) is -3.37. The van der Waals surface area contributed by atoms with Gasteiger partial charge in [-0.3, -0.25) is 4.31 Å². The van der Waals surface area contributed by atoms with Gasteiger partial charge in [0.1, 0.15) is 5.82 Å². The molecule has 0 N–H and O–H groups in total. The molecule has 0 heterocycles. The normalized spacial score (nSPS) is 11.5. The van der Waals surface area contributed by atoms with Gasteiger partial charge in [0.05, 0.1) is 11.4 Å². The first-order chi connectivity index (χ1) is 8.01. The van der Waals surface area contributed by atoms with E-state index in [1.165, 1.54) is 28.6 Å². The van der Waals surface area contributed by atoms with E-state index in [1.54, 1.807) is 6.92 Å². The van der Waals surface area contributed by atoms with E-state index in [0.29, 0.717) is 24.5 Å². The first-order valence-electron chi connectivity index (χ1n) is 5.33. The molecule has 0 atom stereocenters. The summed E-state index contributed by atoms with van der Waals surface area (Å²) in [6.07, 6.45) is 0.404. The topological polar surface area (TPSA) is 37.4 Å². The minimum Gasteiger partial charge on any atom is -0.271 e. The molecule has 0 aliphatic carbocycles. The number of sulfonamides is 1. The molecule has 0 bridgehead atoms. The van der Waals surface area contributed by atoms with Gasteiger partial charge in [-0.15, -0.1) is 11.6 Å². The maximum atomic E-state index is 12.8. The Morgan fingerprint density at radius 3 is 2.35 bits per heavy atom. The van der Waals surface area contributed by atoms with Crippen LogP contribution in [-0.2, 0) is 10.0 Å². The Labute approximate surface area is 106 Å². The van der Waals surface area contributed by atoms with Crippen molar-refractivity contribution in [2.45, 2.75) is 13.3 Å². The van der Waals surface area contributed by atoms with Crippen LogP contribution in [0.3, 0.4) is 0 Å². The summed E-state index contributed by atoms with van der Waals surface area (Å²) in [6, 6.07) is 5.40. The Kier molecular flexibility index (Phi) is 5.21. The average molecular weight is 280 g/mol. The zero-order chi connectivity index (χ0) is 12.9. The summed E-state index contributed by atoms with van der Waals surface area (Å²) in [5.74, 6) is -0.0787. The van der Waals surface area contributed by atoms with Crippen molar-refractivity contribution >= 4 is 27.3 Å². The molecule has 0 aliphatic heterocycles. The summed E-state index contributed by atoms with van der Waals surface area (Å²) < 4.78 is 38.0. The Balaban J connectivity index is 2.95. The van der Waals surface area contributed by atoms with E-state index in [9.17, 15) is 12.8 Å². The van der Waals surface area contributed by atoms with Crippen molar-refractivity contribution in [2.24, 2.45) is 0 Å². The lowest BCUT2D eigenvalue weighted by molar-refractivity contribution is 0.590. The third-order valence-electron chi connectivity index (χ3n) is 2.27.